The molecular formula is C20H21ClN2O6S. The van der Waals surface area contributed by atoms with E-state index in [1.54, 1.807) is 30.3 Å². The first-order valence-electron chi connectivity index (χ1n) is 9.13. The molecule has 1 saturated carbocycles. The molecule has 2 aromatic carbocycles. The van der Waals surface area contributed by atoms with Crippen LogP contribution in [-0.4, -0.2) is 45.0 Å². The summed E-state index contributed by atoms with van der Waals surface area (Å²) in [6, 6.07) is 12.4. The lowest BCUT2D eigenvalue weighted by Crippen LogP contribution is -2.33. The van der Waals surface area contributed by atoms with E-state index in [9.17, 15) is 18.0 Å². The molecule has 2 aromatic rings. The summed E-state index contributed by atoms with van der Waals surface area (Å²) in [5.74, 6) is -1.29. The monoisotopic (exact) mass is 452 g/mol. The number of halogens is 1. The van der Waals surface area contributed by atoms with Gasteiger partial charge in [-0.15, -0.1) is 0 Å². The Hall–Kier alpha value is -2.46. The van der Waals surface area contributed by atoms with Gasteiger partial charge in [0, 0.05) is 18.7 Å². The van der Waals surface area contributed by atoms with E-state index in [4.69, 9.17) is 21.2 Å². The lowest BCUT2D eigenvalue weighted by Gasteiger charge is -2.19. The number of esters is 1. The van der Waals surface area contributed by atoms with E-state index in [0.29, 0.717) is 10.0 Å². The van der Waals surface area contributed by atoms with Crippen LogP contribution in [0.3, 0.4) is 0 Å². The Bertz CT molecular complexity index is 1040. The number of ether oxygens (including phenoxy) is 1. The van der Waals surface area contributed by atoms with Gasteiger partial charge in [0.05, 0.1) is 17.7 Å². The Kier molecular flexibility index (Phi) is 6.77. The molecule has 0 bridgehead atoms. The average Bonchev–Trinajstić information content (AvgIpc) is 3.55. The number of benzene rings is 2. The normalized spacial score (nSPS) is 14.9. The SMILES string of the molecule is CON(C)S(=O)(=O)c1cc(C(=O)OC(C(=O)NC2CC2)c2ccccc2)ccc1Cl. The van der Waals surface area contributed by atoms with Gasteiger partial charge in [-0.1, -0.05) is 46.4 Å². The first-order chi connectivity index (χ1) is 14.2. The van der Waals surface area contributed by atoms with Crippen LogP contribution in [0.5, 0.6) is 0 Å². The first kappa shape index (κ1) is 22.2. The highest BCUT2D eigenvalue weighted by Crippen LogP contribution is 2.28. The van der Waals surface area contributed by atoms with Crippen LogP contribution in [0.4, 0.5) is 0 Å². The minimum atomic E-state index is -4.09. The van der Waals surface area contributed by atoms with Gasteiger partial charge in [-0.3, -0.25) is 9.63 Å². The lowest BCUT2D eigenvalue weighted by atomic mass is 10.1. The highest BCUT2D eigenvalue weighted by atomic mass is 35.5. The number of carbonyl (C=O) groups excluding carboxylic acids is 2. The van der Waals surface area contributed by atoms with E-state index in [0.717, 1.165) is 18.9 Å². The predicted octanol–water partition coefficient (Wildman–Crippen LogP) is 2.70. The van der Waals surface area contributed by atoms with Crippen LogP contribution in [0.2, 0.25) is 5.02 Å². The van der Waals surface area contributed by atoms with Crippen molar-refractivity contribution in [2.24, 2.45) is 0 Å². The number of sulfonamides is 1. The molecule has 0 heterocycles. The molecule has 0 spiro atoms. The van der Waals surface area contributed by atoms with E-state index in [1.807, 2.05) is 0 Å². The van der Waals surface area contributed by atoms with Crippen LogP contribution >= 0.6 is 11.6 Å². The van der Waals surface area contributed by atoms with Crippen molar-refractivity contribution in [1.82, 2.24) is 9.79 Å². The van der Waals surface area contributed by atoms with Crippen LogP contribution in [0.1, 0.15) is 34.9 Å². The molecule has 1 aliphatic rings. The van der Waals surface area contributed by atoms with Gasteiger partial charge >= 0.3 is 5.97 Å². The van der Waals surface area contributed by atoms with Crippen molar-refractivity contribution in [2.75, 3.05) is 14.2 Å². The Morgan fingerprint density at radius 1 is 1.17 bits per heavy atom. The summed E-state index contributed by atoms with van der Waals surface area (Å²) in [6.07, 6.45) is 0.593. The minimum Gasteiger partial charge on any atom is -0.444 e. The maximum Gasteiger partial charge on any atom is 0.339 e. The third-order valence-electron chi connectivity index (χ3n) is 4.53. The summed E-state index contributed by atoms with van der Waals surface area (Å²) in [5.41, 5.74) is 0.438. The van der Waals surface area contributed by atoms with Gasteiger partial charge in [0.25, 0.3) is 15.9 Å². The van der Waals surface area contributed by atoms with Gasteiger partial charge in [0.15, 0.2) is 0 Å². The zero-order valence-corrected chi connectivity index (χ0v) is 17.9. The van der Waals surface area contributed by atoms with E-state index in [2.05, 4.69) is 5.32 Å². The highest BCUT2D eigenvalue weighted by molar-refractivity contribution is 7.89. The third-order valence-corrected chi connectivity index (χ3v) is 6.69. The standard InChI is InChI=1S/C20H21ClN2O6S/c1-23(28-2)30(26,27)17-12-14(8-11-16(17)21)20(25)29-18(13-6-4-3-5-7-13)19(24)22-15-9-10-15/h3-8,11-12,15,18H,9-10H2,1-2H3,(H,22,24). The molecule has 1 atom stereocenters. The van der Waals surface area contributed by atoms with Gasteiger partial charge in [0.1, 0.15) is 4.90 Å². The number of nitrogens with zero attached hydrogens (tertiary/aromatic N) is 1. The molecule has 1 N–H and O–H groups in total. The molecule has 8 nitrogen and oxygen atoms in total. The topological polar surface area (TPSA) is 102 Å². The summed E-state index contributed by atoms with van der Waals surface area (Å²) in [7, 11) is -1.70. The molecular weight excluding hydrogens is 432 g/mol. The van der Waals surface area contributed by atoms with Crippen LogP contribution in [-0.2, 0) is 24.4 Å². The number of nitrogens with one attached hydrogen (secondary N) is 1. The largest absolute Gasteiger partial charge is 0.444 e. The van der Waals surface area contributed by atoms with Crippen molar-refractivity contribution in [1.29, 1.82) is 0 Å². The van der Waals surface area contributed by atoms with Gasteiger partial charge in [-0.2, -0.15) is 0 Å². The van der Waals surface area contributed by atoms with E-state index in [-0.39, 0.29) is 21.5 Å². The fourth-order valence-corrected chi connectivity index (χ4v) is 4.12. The van der Waals surface area contributed by atoms with Crippen molar-refractivity contribution in [3.63, 3.8) is 0 Å². The second kappa shape index (κ2) is 9.13. The maximum atomic E-state index is 12.8. The van der Waals surface area contributed by atoms with Crippen LogP contribution < -0.4 is 5.32 Å². The Balaban J connectivity index is 1.89. The zero-order chi connectivity index (χ0) is 21.9. The fourth-order valence-electron chi connectivity index (χ4n) is 2.65. The number of hydroxylamine groups is 1. The molecule has 0 aliphatic heterocycles. The Morgan fingerprint density at radius 3 is 2.43 bits per heavy atom. The second-order valence-corrected chi connectivity index (χ2v) is 9.03. The number of hydrogen-bond acceptors (Lipinski definition) is 6. The van der Waals surface area contributed by atoms with E-state index < -0.39 is 28.0 Å². The number of hydrogen-bond donors (Lipinski definition) is 1. The highest BCUT2D eigenvalue weighted by Gasteiger charge is 2.32. The molecule has 1 amide bonds. The van der Waals surface area contributed by atoms with Gasteiger partial charge < -0.3 is 10.1 Å². The molecule has 30 heavy (non-hydrogen) atoms. The number of rotatable bonds is 8. The summed E-state index contributed by atoms with van der Waals surface area (Å²) in [4.78, 5) is 29.8. The molecule has 160 valence electrons. The third kappa shape index (κ3) is 4.99. The minimum absolute atomic E-state index is 0.0670. The van der Waals surface area contributed by atoms with E-state index in [1.165, 1.54) is 26.3 Å². The molecule has 10 heteroatoms. The summed E-state index contributed by atoms with van der Waals surface area (Å²) < 4.78 is 31.2. The van der Waals surface area contributed by atoms with Crippen LogP contribution in [0.15, 0.2) is 53.4 Å². The van der Waals surface area contributed by atoms with Crippen molar-refractivity contribution >= 4 is 33.5 Å². The molecule has 0 saturated heterocycles. The second-order valence-electron chi connectivity index (χ2n) is 6.72. The van der Waals surface area contributed by atoms with Crippen molar-refractivity contribution in [3.8, 4) is 0 Å². The average molecular weight is 453 g/mol. The molecule has 1 fully saturated rings. The lowest BCUT2D eigenvalue weighted by molar-refractivity contribution is -0.130. The quantitative estimate of drug-likeness (QED) is 0.488. The van der Waals surface area contributed by atoms with Crippen LogP contribution in [0, 0.1) is 0 Å². The van der Waals surface area contributed by atoms with Gasteiger partial charge in [-0.05, 0) is 31.0 Å². The Morgan fingerprint density at radius 2 is 1.83 bits per heavy atom. The molecule has 3 rings (SSSR count). The first-order valence-corrected chi connectivity index (χ1v) is 10.9. The smallest absolute Gasteiger partial charge is 0.339 e. The van der Waals surface area contributed by atoms with E-state index >= 15 is 0 Å². The number of carbonyl (C=O) groups is 2. The molecule has 0 aromatic heterocycles. The van der Waals surface area contributed by atoms with Crippen LogP contribution in [0.25, 0.3) is 0 Å². The molecule has 1 aliphatic carbocycles. The van der Waals surface area contributed by atoms with Gasteiger partial charge in [0.2, 0.25) is 6.10 Å². The molecule has 0 radical (unpaired) electrons. The zero-order valence-electron chi connectivity index (χ0n) is 16.4. The number of amides is 1. The summed E-state index contributed by atoms with van der Waals surface area (Å²) in [5, 5.41) is 2.74. The molecule has 1 unspecified atom stereocenters. The summed E-state index contributed by atoms with van der Waals surface area (Å²) in [6.45, 7) is 0. The van der Waals surface area contributed by atoms with Crippen molar-refractivity contribution in [2.45, 2.75) is 29.9 Å². The van der Waals surface area contributed by atoms with Gasteiger partial charge in [-0.25, -0.2) is 13.2 Å². The fraction of sp³-hybridized carbons (Fsp3) is 0.300. The Labute approximate surface area is 179 Å². The van der Waals surface area contributed by atoms with Crippen molar-refractivity contribution < 1.29 is 27.6 Å². The maximum absolute atomic E-state index is 12.8. The van der Waals surface area contributed by atoms with Crippen molar-refractivity contribution in [3.05, 3.63) is 64.7 Å². The summed E-state index contributed by atoms with van der Waals surface area (Å²) >= 11 is 6.03. The predicted molar refractivity (Wildman–Crippen MR) is 109 cm³/mol.